The van der Waals surface area contributed by atoms with Crippen LogP contribution in [0.15, 0.2) is 0 Å². The zero-order chi connectivity index (χ0) is 6.85. The van der Waals surface area contributed by atoms with Gasteiger partial charge in [0.1, 0.15) is 5.78 Å². The van der Waals surface area contributed by atoms with Gasteiger partial charge in [0.25, 0.3) is 0 Å². The van der Waals surface area contributed by atoms with Crippen molar-refractivity contribution in [2.75, 3.05) is 6.61 Å². The predicted molar refractivity (Wildman–Crippen MR) is 34.2 cm³/mol. The number of carbonyl (C=O) groups excluding carboxylic acids is 1. The van der Waals surface area contributed by atoms with E-state index in [0.717, 1.165) is 6.61 Å². The van der Waals surface area contributed by atoms with Gasteiger partial charge in [-0.2, -0.15) is 0 Å². The molecule has 0 unspecified atom stereocenters. The highest BCUT2D eigenvalue weighted by Crippen LogP contribution is 2.25. The Labute approximate surface area is 55.2 Å². The predicted octanol–water partition coefficient (Wildman–Crippen LogP) is 1.00. The highest BCUT2D eigenvalue weighted by Gasteiger charge is 2.36. The molecule has 2 atom stereocenters. The summed E-state index contributed by atoms with van der Waals surface area (Å²) in [6, 6.07) is 0. The zero-order valence-electron chi connectivity index (χ0n) is 5.89. The molecule has 0 amide bonds. The van der Waals surface area contributed by atoms with Gasteiger partial charge in [-0.3, -0.25) is 4.79 Å². The Kier molecular flexibility index (Phi) is 1.86. The van der Waals surface area contributed by atoms with Crippen molar-refractivity contribution in [1.29, 1.82) is 0 Å². The lowest BCUT2D eigenvalue weighted by Gasteiger charge is -2.31. The van der Waals surface area contributed by atoms with Crippen LogP contribution >= 0.6 is 0 Å². The van der Waals surface area contributed by atoms with Crippen molar-refractivity contribution in [1.82, 2.24) is 0 Å². The summed E-state index contributed by atoms with van der Waals surface area (Å²) in [6.07, 6.45) is 0.858. The lowest BCUT2D eigenvalue weighted by Crippen LogP contribution is -2.41. The second kappa shape index (κ2) is 2.48. The van der Waals surface area contributed by atoms with E-state index >= 15 is 0 Å². The summed E-state index contributed by atoms with van der Waals surface area (Å²) in [5.74, 6) is 0.499. The van der Waals surface area contributed by atoms with E-state index in [1.807, 2.05) is 13.8 Å². The van der Waals surface area contributed by atoms with E-state index in [1.54, 1.807) is 0 Å². The van der Waals surface area contributed by atoms with E-state index in [9.17, 15) is 4.79 Å². The van der Waals surface area contributed by atoms with Gasteiger partial charge < -0.3 is 4.74 Å². The van der Waals surface area contributed by atoms with Gasteiger partial charge in [-0.1, -0.05) is 6.92 Å². The molecule has 1 aliphatic carbocycles. The molecule has 52 valence electrons. The Balaban J connectivity index is 2.25. The number of hydrogen-bond donors (Lipinski definition) is 0. The van der Waals surface area contributed by atoms with Crippen LogP contribution in [0, 0.1) is 5.92 Å². The van der Waals surface area contributed by atoms with Crippen molar-refractivity contribution in [2.45, 2.75) is 26.4 Å². The average molecular weight is 128 g/mol. The van der Waals surface area contributed by atoms with Crippen molar-refractivity contribution in [2.24, 2.45) is 5.92 Å². The molecule has 1 saturated carbocycles. The van der Waals surface area contributed by atoms with Gasteiger partial charge in [-0.15, -0.1) is 0 Å². The van der Waals surface area contributed by atoms with Crippen LogP contribution in [-0.4, -0.2) is 18.5 Å². The van der Waals surface area contributed by atoms with Crippen LogP contribution in [0.1, 0.15) is 20.3 Å². The fraction of sp³-hybridized carbons (Fsp3) is 0.857. The topological polar surface area (TPSA) is 26.3 Å². The maximum Gasteiger partial charge on any atom is 0.140 e. The molecule has 0 spiro atoms. The van der Waals surface area contributed by atoms with Crippen LogP contribution in [0.5, 0.6) is 0 Å². The van der Waals surface area contributed by atoms with Crippen LogP contribution in [-0.2, 0) is 9.53 Å². The largest absolute Gasteiger partial charge is 0.377 e. The summed E-state index contributed by atoms with van der Waals surface area (Å²) >= 11 is 0. The molecule has 0 saturated heterocycles. The first-order valence-corrected chi connectivity index (χ1v) is 3.40. The summed E-state index contributed by atoms with van der Waals surface area (Å²) in [6.45, 7) is 4.60. The summed E-state index contributed by atoms with van der Waals surface area (Å²) in [4.78, 5) is 10.6. The van der Waals surface area contributed by atoms with Gasteiger partial charge >= 0.3 is 0 Å². The van der Waals surface area contributed by atoms with Crippen LogP contribution in [0.3, 0.4) is 0 Å². The second-order valence-corrected chi connectivity index (χ2v) is 2.45. The Morgan fingerprint density at radius 2 is 2.44 bits per heavy atom. The van der Waals surface area contributed by atoms with E-state index in [0.29, 0.717) is 12.2 Å². The minimum absolute atomic E-state index is 0.157. The quantitative estimate of drug-likeness (QED) is 0.554. The minimum atomic E-state index is 0.157. The van der Waals surface area contributed by atoms with E-state index in [4.69, 9.17) is 4.74 Å². The average Bonchev–Trinajstić information content (AvgIpc) is 1.88. The monoisotopic (exact) mass is 128 g/mol. The van der Waals surface area contributed by atoms with Crippen molar-refractivity contribution in [3.05, 3.63) is 0 Å². The fourth-order valence-electron chi connectivity index (χ4n) is 1.03. The van der Waals surface area contributed by atoms with Gasteiger partial charge in [0, 0.05) is 18.9 Å². The van der Waals surface area contributed by atoms with Crippen molar-refractivity contribution in [3.63, 3.8) is 0 Å². The maximum atomic E-state index is 10.6. The Hall–Kier alpha value is -0.370. The molecule has 1 aliphatic rings. The van der Waals surface area contributed by atoms with E-state index in [2.05, 4.69) is 0 Å². The second-order valence-electron chi connectivity index (χ2n) is 2.45. The van der Waals surface area contributed by atoms with Crippen LogP contribution in [0.4, 0.5) is 0 Å². The van der Waals surface area contributed by atoms with Crippen molar-refractivity contribution >= 4 is 5.78 Å². The SMILES string of the molecule is CCO[C@H]1CC(=O)[C@H]1C. The first-order chi connectivity index (χ1) is 4.25. The minimum Gasteiger partial charge on any atom is -0.377 e. The summed E-state index contributed by atoms with van der Waals surface area (Å²) in [5.41, 5.74) is 0. The molecule has 2 heteroatoms. The highest BCUT2D eigenvalue weighted by atomic mass is 16.5. The van der Waals surface area contributed by atoms with E-state index < -0.39 is 0 Å². The molecule has 0 aromatic heterocycles. The molecule has 0 aromatic rings. The summed E-state index contributed by atoms with van der Waals surface area (Å²) in [7, 11) is 0. The third kappa shape index (κ3) is 1.13. The van der Waals surface area contributed by atoms with Crippen molar-refractivity contribution < 1.29 is 9.53 Å². The zero-order valence-corrected chi connectivity index (χ0v) is 5.89. The van der Waals surface area contributed by atoms with Crippen LogP contribution < -0.4 is 0 Å². The standard InChI is InChI=1S/C7H12O2/c1-3-9-7-4-6(8)5(7)2/h5,7H,3-4H2,1-2H3/t5-,7+/m1/s1. The smallest absolute Gasteiger partial charge is 0.140 e. The van der Waals surface area contributed by atoms with Crippen molar-refractivity contribution in [3.8, 4) is 0 Å². The fourth-order valence-corrected chi connectivity index (χ4v) is 1.03. The van der Waals surface area contributed by atoms with E-state index in [1.165, 1.54) is 0 Å². The van der Waals surface area contributed by atoms with Gasteiger partial charge in [0.05, 0.1) is 6.10 Å². The Bertz CT molecular complexity index is 120. The van der Waals surface area contributed by atoms with Gasteiger partial charge in [-0.25, -0.2) is 0 Å². The number of Topliss-reactive ketones (excluding diaryl/α,β-unsaturated/α-hetero) is 1. The van der Waals surface area contributed by atoms with Gasteiger partial charge in [0.2, 0.25) is 0 Å². The molecule has 1 fully saturated rings. The third-order valence-corrected chi connectivity index (χ3v) is 1.85. The molecular formula is C7H12O2. The Morgan fingerprint density at radius 1 is 1.78 bits per heavy atom. The number of carbonyl (C=O) groups is 1. The molecule has 0 N–H and O–H groups in total. The molecule has 0 radical (unpaired) electrons. The number of hydrogen-bond acceptors (Lipinski definition) is 2. The molecule has 9 heavy (non-hydrogen) atoms. The normalized spacial score (nSPS) is 34.2. The first-order valence-electron chi connectivity index (χ1n) is 3.40. The third-order valence-electron chi connectivity index (χ3n) is 1.85. The first kappa shape index (κ1) is 6.75. The maximum absolute atomic E-state index is 10.6. The van der Waals surface area contributed by atoms with Gasteiger partial charge in [-0.05, 0) is 6.92 Å². The summed E-state index contributed by atoms with van der Waals surface area (Å²) in [5, 5.41) is 0. The highest BCUT2D eigenvalue weighted by molar-refractivity contribution is 5.87. The molecule has 0 bridgehead atoms. The van der Waals surface area contributed by atoms with E-state index in [-0.39, 0.29) is 12.0 Å². The summed E-state index contributed by atoms with van der Waals surface area (Å²) < 4.78 is 5.24. The van der Waals surface area contributed by atoms with Gasteiger partial charge in [0.15, 0.2) is 0 Å². The number of rotatable bonds is 2. The molecule has 2 nitrogen and oxygen atoms in total. The number of ether oxygens (including phenoxy) is 1. The molecule has 1 rings (SSSR count). The van der Waals surface area contributed by atoms with Crippen LogP contribution in [0.2, 0.25) is 0 Å². The molecule has 0 heterocycles. The molecular weight excluding hydrogens is 116 g/mol. The number of ketones is 1. The Morgan fingerprint density at radius 3 is 2.78 bits per heavy atom. The molecule has 0 aromatic carbocycles. The molecule has 0 aliphatic heterocycles. The lowest BCUT2D eigenvalue weighted by molar-refractivity contribution is -0.143. The lowest BCUT2D eigenvalue weighted by atomic mass is 9.82. The van der Waals surface area contributed by atoms with Crippen LogP contribution in [0.25, 0.3) is 0 Å².